The summed E-state index contributed by atoms with van der Waals surface area (Å²) in [7, 11) is -4.14. The van der Waals surface area contributed by atoms with Crippen LogP contribution in [0.15, 0.2) is 29.4 Å². The number of carbonyl (C=O) groups is 2. The molecule has 11 unspecified atom stereocenters. The van der Waals surface area contributed by atoms with Crippen molar-refractivity contribution >= 4 is 27.6 Å². The Morgan fingerprint density at radius 3 is 2.48 bits per heavy atom. The smallest absolute Gasteiger partial charge is 0.266 e. The van der Waals surface area contributed by atoms with Gasteiger partial charge in [-0.25, -0.2) is 0 Å². The van der Waals surface area contributed by atoms with Crippen molar-refractivity contribution in [3.8, 4) is 0 Å². The number of benzene rings is 1. The number of hydrogen-bond acceptors (Lipinski definition) is 7. The summed E-state index contributed by atoms with van der Waals surface area (Å²) in [4.78, 5) is 28.9. The van der Waals surface area contributed by atoms with Gasteiger partial charge in [-0.2, -0.15) is 8.42 Å². The molecule has 11 atom stereocenters. The van der Waals surface area contributed by atoms with Gasteiger partial charge in [0, 0.05) is 35.2 Å². The van der Waals surface area contributed by atoms with Gasteiger partial charge in [-0.05, 0) is 115 Å². The predicted molar refractivity (Wildman–Crippen MR) is 172 cm³/mol. The van der Waals surface area contributed by atoms with Gasteiger partial charge in [0.05, 0.1) is 18.0 Å². The standard InChI is InChI=1S/C33H49N5O7S/c1-19(4-11-29(41)35-14-15-46(43,44)45)24-9-10-25-30-26(18-28(40)33(24,25)3)32(2)13-12-23(39)16-21(32)17-27(30)36-31(42)20-5-7-22(8-6-20)37-38-34/h5-8,19,21,23-28,30,39-40H,4,9-18H2,1-3H3,(H,35,41)(H,36,42)(H,43,44,45). The lowest BCUT2D eigenvalue weighted by Crippen LogP contribution is -2.65. The van der Waals surface area contributed by atoms with Gasteiger partial charge in [-0.15, -0.1) is 0 Å². The molecule has 0 saturated heterocycles. The van der Waals surface area contributed by atoms with Gasteiger partial charge >= 0.3 is 0 Å². The number of rotatable bonds is 10. The first-order chi connectivity index (χ1) is 21.7. The maximum atomic E-state index is 13.7. The molecule has 2 amide bonds. The number of nitrogens with one attached hydrogen (secondary N) is 2. The molecule has 0 heterocycles. The number of carbonyl (C=O) groups excluding carboxylic acids is 2. The zero-order valence-corrected chi connectivity index (χ0v) is 27.8. The number of aliphatic hydroxyl groups excluding tert-OH is 2. The van der Waals surface area contributed by atoms with Gasteiger partial charge in [0.1, 0.15) is 0 Å². The Kier molecular flexibility index (Phi) is 10.1. The van der Waals surface area contributed by atoms with Gasteiger partial charge in [0.2, 0.25) is 5.91 Å². The van der Waals surface area contributed by atoms with E-state index in [0.29, 0.717) is 30.5 Å². The fourth-order valence-corrected chi connectivity index (χ4v) is 10.6. The van der Waals surface area contributed by atoms with Crippen LogP contribution in [0.5, 0.6) is 0 Å². The highest BCUT2D eigenvalue weighted by atomic mass is 32.2. The first-order valence-electron chi connectivity index (χ1n) is 16.7. The van der Waals surface area contributed by atoms with Crippen molar-refractivity contribution in [1.29, 1.82) is 0 Å². The fourth-order valence-electron chi connectivity index (χ4n) is 10.3. The van der Waals surface area contributed by atoms with E-state index in [1.807, 2.05) is 0 Å². The maximum absolute atomic E-state index is 13.7. The summed E-state index contributed by atoms with van der Waals surface area (Å²) in [5.74, 6) is 0.0526. The van der Waals surface area contributed by atoms with Crippen LogP contribution in [-0.4, -0.2) is 65.5 Å². The number of nitrogens with zero attached hydrogens (tertiary/aromatic N) is 3. The second-order valence-electron chi connectivity index (χ2n) is 14.9. The van der Waals surface area contributed by atoms with Crippen LogP contribution in [0, 0.1) is 46.3 Å². The molecule has 0 bridgehead atoms. The summed E-state index contributed by atoms with van der Waals surface area (Å²) in [6.45, 7) is 6.52. The number of amides is 2. The molecule has 4 fully saturated rings. The molecule has 4 aliphatic carbocycles. The van der Waals surface area contributed by atoms with Gasteiger partial charge in [-0.1, -0.05) is 38.0 Å². The maximum Gasteiger partial charge on any atom is 0.266 e. The van der Waals surface area contributed by atoms with Crippen molar-refractivity contribution in [2.45, 2.75) is 96.8 Å². The van der Waals surface area contributed by atoms with Crippen molar-refractivity contribution < 1.29 is 32.8 Å². The van der Waals surface area contributed by atoms with E-state index in [2.05, 4.69) is 41.4 Å². The molecule has 0 spiro atoms. The molecular formula is C33H49N5O7S. The first kappa shape index (κ1) is 34.6. The minimum atomic E-state index is -4.14. The summed E-state index contributed by atoms with van der Waals surface area (Å²) in [5.41, 5.74) is 9.20. The lowest BCUT2D eigenvalue weighted by molar-refractivity contribution is -0.182. The van der Waals surface area contributed by atoms with Crippen LogP contribution in [0.4, 0.5) is 5.69 Å². The Hall–Kier alpha value is -2.70. The molecule has 254 valence electrons. The molecule has 13 heteroatoms. The van der Waals surface area contributed by atoms with Crippen LogP contribution in [-0.2, 0) is 14.9 Å². The molecule has 12 nitrogen and oxygen atoms in total. The topological polar surface area (TPSA) is 202 Å². The molecule has 46 heavy (non-hydrogen) atoms. The van der Waals surface area contributed by atoms with E-state index in [1.165, 1.54) is 0 Å². The summed E-state index contributed by atoms with van der Waals surface area (Å²) < 4.78 is 30.9. The third kappa shape index (κ3) is 6.80. The summed E-state index contributed by atoms with van der Waals surface area (Å²) in [5, 5.41) is 32.2. The molecule has 5 rings (SSSR count). The van der Waals surface area contributed by atoms with E-state index in [0.717, 1.165) is 32.1 Å². The lowest BCUT2D eigenvalue weighted by Gasteiger charge is -2.64. The van der Waals surface area contributed by atoms with Gasteiger partial charge < -0.3 is 20.8 Å². The highest BCUT2D eigenvalue weighted by molar-refractivity contribution is 7.85. The van der Waals surface area contributed by atoms with Crippen LogP contribution in [0.25, 0.3) is 10.4 Å². The molecule has 4 saturated carbocycles. The summed E-state index contributed by atoms with van der Waals surface area (Å²) >= 11 is 0. The monoisotopic (exact) mass is 659 g/mol. The Balaban J connectivity index is 1.36. The average Bonchev–Trinajstić information content (AvgIpc) is 3.35. The van der Waals surface area contributed by atoms with E-state index >= 15 is 0 Å². The van der Waals surface area contributed by atoms with E-state index in [1.54, 1.807) is 24.3 Å². The molecule has 0 aliphatic heterocycles. The SMILES string of the molecule is CC(CCC(=O)NCCS(=O)(=O)O)C1CCC2C3C(NC(=O)c4ccc(N=[N+]=[N-])cc4)CC4CC(O)CCC4(C)C3CC(O)C12C. The number of aliphatic hydroxyl groups is 2. The molecule has 0 aromatic heterocycles. The molecule has 1 aromatic carbocycles. The Bertz CT molecular complexity index is 1450. The number of hydrogen-bond donors (Lipinski definition) is 5. The van der Waals surface area contributed by atoms with Gasteiger partial charge in [0.15, 0.2) is 0 Å². The fraction of sp³-hybridized carbons (Fsp3) is 0.758. The Morgan fingerprint density at radius 1 is 1.09 bits per heavy atom. The van der Waals surface area contributed by atoms with Gasteiger partial charge in [-0.3, -0.25) is 14.1 Å². The Morgan fingerprint density at radius 2 is 1.80 bits per heavy atom. The van der Waals surface area contributed by atoms with Crippen LogP contribution < -0.4 is 10.6 Å². The first-order valence-corrected chi connectivity index (χ1v) is 18.3. The largest absolute Gasteiger partial charge is 0.393 e. The van der Waals surface area contributed by atoms with Crippen LogP contribution >= 0.6 is 0 Å². The molecule has 4 aliphatic rings. The second-order valence-corrected chi connectivity index (χ2v) is 16.5. The summed E-state index contributed by atoms with van der Waals surface area (Å²) in [6, 6.07) is 6.44. The highest BCUT2D eigenvalue weighted by Gasteiger charge is 2.66. The van der Waals surface area contributed by atoms with Crippen molar-refractivity contribution in [2.24, 2.45) is 51.5 Å². The second kappa shape index (κ2) is 13.4. The zero-order chi connectivity index (χ0) is 33.4. The molecule has 5 N–H and O–H groups in total. The number of azide groups is 1. The zero-order valence-electron chi connectivity index (χ0n) is 27.0. The van der Waals surface area contributed by atoms with E-state index in [-0.39, 0.29) is 77.8 Å². The highest BCUT2D eigenvalue weighted by Crippen LogP contribution is 2.68. The molecule has 1 aromatic rings. The predicted octanol–water partition coefficient (Wildman–Crippen LogP) is 4.75. The summed E-state index contributed by atoms with van der Waals surface area (Å²) in [6.07, 6.45) is 5.48. The van der Waals surface area contributed by atoms with E-state index in [9.17, 15) is 28.2 Å². The minimum absolute atomic E-state index is 0.0474. The van der Waals surface area contributed by atoms with Crippen molar-refractivity contribution in [1.82, 2.24) is 10.6 Å². The van der Waals surface area contributed by atoms with Crippen molar-refractivity contribution in [3.63, 3.8) is 0 Å². The third-order valence-electron chi connectivity index (χ3n) is 12.7. The molecule has 0 radical (unpaired) electrons. The normalized spacial score (nSPS) is 37.5. The number of fused-ring (bicyclic) bond motifs is 5. The van der Waals surface area contributed by atoms with Crippen LogP contribution in [0.1, 0.15) is 88.9 Å². The van der Waals surface area contributed by atoms with Crippen molar-refractivity contribution in [3.05, 3.63) is 40.3 Å². The average molecular weight is 660 g/mol. The van der Waals surface area contributed by atoms with Crippen molar-refractivity contribution in [2.75, 3.05) is 12.3 Å². The third-order valence-corrected chi connectivity index (χ3v) is 13.4. The van der Waals surface area contributed by atoms with E-state index in [4.69, 9.17) is 10.1 Å². The Labute approximate surface area is 271 Å². The van der Waals surface area contributed by atoms with Crippen LogP contribution in [0.3, 0.4) is 0 Å². The van der Waals surface area contributed by atoms with E-state index < -0.39 is 27.4 Å². The molecular weight excluding hydrogens is 610 g/mol. The van der Waals surface area contributed by atoms with Gasteiger partial charge in [0.25, 0.3) is 16.0 Å². The quantitative estimate of drug-likeness (QED) is 0.103. The minimum Gasteiger partial charge on any atom is -0.393 e. The van der Waals surface area contributed by atoms with Crippen LogP contribution in [0.2, 0.25) is 0 Å². The lowest BCUT2D eigenvalue weighted by atomic mass is 9.42.